The third kappa shape index (κ3) is 1.54. The van der Waals surface area contributed by atoms with E-state index in [1.165, 1.54) is 12.8 Å². The lowest BCUT2D eigenvalue weighted by atomic mass is 10.1. The summed E-state index contributed by atoms with van der Waals surface area (Å²) in [5.74, 6) is -1.10. The smallest absolute Gasteiger partial charge is 0.315 e. The second-order valence-electron chi connectivity index (χ2n) is 4.14. The van der Waals surface area contributed by atoms with Crippen LogP contribution in [0.15, 0.2) is 0 Å². The lowest BCUT2D eigenvalue weighted by molar-refractivity contribution is -0.132. The lowest BCUT2D eigenvalue weighted by Gasteiger charge is -2.08. The monoisotopic (exact) mass is 189 g/mol. The molecular weight excluding hydrogens is 176 g/mol. The first kappa shape index (κ1) is 8.91. The first-order valence-corrected chi connectivity index (χ1v) is 4.73. The molecule has 1 atom stereocenters. The zero-order valence-corrected chi connectivity index (χ0v) is 7.35. The van der Waals surface area contributed by atoms with Gasteiger partial charge in [0.2, 0.25) is 0 Å². The molecule has 13 heavy (non-hydrogen) atoms. The summed E-state index contributed by atoms with van der Waals surface area (Å²) in [7, 11) is 0. The van der Waals surface area contributed by atoms with Gasteiger partial charge in [-0.3, -0.25) is 4.79 Å². The zero-order valence-electron chi connectivity index (χ0n) is 7.35. The van der Waals surface area contributed by atoms with Gasteiger partial charge in [0, 0.05) is 6.04 Å². The van der Waals surface area contributed by atoms with Gasteiger partial charge in [-0.05, 0) is 24.7 Å². The summed E-state index contributed by atoms with van der Waals surface area (Å²) >= 11 is 0. The number of hydrogen-bond acceptors (Lipinski definition) is 1. The van der Waals surface area contributed by atoms with E-state index >= 15 is 0 Å². The Labute approximate surface area is 75.7 Å². The maximum Gasteiger partial charge on any atom is 0.315 e. The van der Waals surface area contributed by atoms with Gasteiger partial charge in [-0.2, -0.15) is 8.78 Å². The van der Waals surface area contributed by atoms with E-state index in [-0.39, 0.29) is 11.5 Å². The van der Waals surface area contributed by atoms with E-state index in [2.05, 4.69) is 5.32 Å². The molecule has 2 saturated carbocycles. The second-order valence-corrected chi connectivity index (χ2v) is 4.14. The zero-order chi connectivity index (χ0) is 9.47. The van der Waals surface area contributed by atoms with Gasteiger partial charge in [0.1, 0.15) is 0 Å². The minimum atomic E-state index is -2.86. The van der Waals surface area contributed by atoms with Crippen molar-refractivity contribution in [2.24, 2.45) is 5.41 Å². The van der Waals surface area contributed by atoms with Gasteiger partial charge in [-0.1, -0.05) is 12.8 Å². The van der Waals surface area contributed by atoms with Crippen molar-refractivity contribution >= 4 is 5.91 Å². The summed E-state index contributed by atoms with van der Waals surface area (Å²) in [4.78, 5) is 10.7. The van der Waals surface area contributed by atoms with Gasteiger partial charge in [-0.25, -0.2) is 0 Å². The summed E-state index contributed by atoms with van der Waals surface area (Å²) in [6.07, 6.45) is 2.61. The molecule has 0 heterocycles. The molecule has 1 spiro atoms. The summed E-state index contributed by atoms with van der Waals surface area (Å²) in [5.41, 5.74) is 0.213. The molecule has 0 aromatic heterocycles. The van der Waals surface area contributed by atoms with Gasteiger partial charge in [0.05, 0.1) is 0 Å². The molecule has 0 saturated heterocycles. The molecule has 4 heteroatoms. The van der Waals surface area contributed by atoms with Crippen LogP contribution in [0.4, 0.5) is 8.78 Å². The van der Waals surface area contributed by atoms with Crippen LogP contribution in [0, 0.1) is 5.41 Å². The standard InChI is InChI=1S/C9H13F2NO/c10-7(11)8(13)12-6-5-9(6)3-1-2-4-9/h6-7H,1-5H2,(H,12,13). The van der Waals surface area contributed by atoms with Crippen LogP contribution < -0.4 is 5.32 Å². The maximum absolute atomic E-state index is 11.9. The molecule has 2 aliphatic rings. The molecule has 0 aromatic carbocycles. The molecule has 2 nitrogen and oxygen atoms in total. The Morgan fingerprint density at radius 3 is 2.54 bits per heavy atom. The first-order valence-electron chi connectivity index (χ1n) is 4.73. The van der Waals surface area contributed by atoms with E-state index in [1.54, 1.807) is 0 Å². The van der Waals surface area contributed by atoms with Crippen molar-refractivity contribution in [1.29, 1.82) is 0 Å². The molecule has 1 amide bonds. The normalized spacial score (nSPS) is 29.6. The van der Waals surface area contributed by atoms with Crippen molar-refractivity contribution in [3.05, 3.63) is 0 Å². The number of carbonyl (C=O) groups is 1. The Bertz CT molecular complexity index is 224. The Hall–Kier alpha value is -0.670. The maximum atomic E-state index is 11.9. The second kappa shape index (κ2) is 2.93. The number of alkyl halides is 2. The highest BCUT2D eigenvalue weighted by Gasteiger charge is 2.55. The fraction of sp³-hybridized carbons (Fsp3) is 0.889. The summed E-state index contributed by atoms with van der Waals surface area (Å²) < 4.78 is 23.8. The Morgan fingerprint density at radius 2 is 2.00 bits per heavy atom. The van der Waals surface area contributed by atoms with Crippen molar-refractivity contribution in [1.82, 2.24) is 5.32 Å². The predicted octanol–water partition coefficient (Wildman–Crippen LogP) is 1.70. The Morgan fingerprint density at radius 1 is 1.38 bits per heavy atom. The lowest BCUT2D eigenvalue weighted by Crippen LogP contribution is -2.33. The number of rotatable bonds is 2. The highest BCUT2D eigenvalue weighted by Crippen LogP contribution is 2.57. The molecule has 2 fully saturated rings. The van der Waals surface area contributed by atoms with Crippen molar-refractivity contribution in [2.45, 2.75) is 44.6 Å². The van der Waals surface area contributed by atoms with Crippen LogP contribution in [-0.2, 0) is 4.79 Å². The molecule has 0 aromatic rings. The molecule has 1 unspecified atom stereocenters. The van der Waals surface area contributed by atoms with Gasteiger partial charge < -0.3 is 5.32 Å². The predicted molar refractivity (Wildman–Crippen MR) is 43.5 cm³/mol. The minimum Gasteiger partial charge on any atom is -0.348 e. The van der Waals surface area contributed by atoms with Crippen LogP contribution in [0.5, 0.6) is 0 Å². The van der Waals surface area contributed by atoms with Gasteiger partial charge in [-0.15, -0.1) is 0 Å². The van der Waals surface area contributed by atoms with E-state index in [0.717, 1.165) is 19.3 Å². The van der Waals surface area contributed by atoms with E-state index in [9.17, 15) is 13.6 Å². The number of amides is 1. The number of hydrogen-bond donors (Lipinski definition) is 1. The van der Waals surface area contributed by atoms with Crippen LogP contribution >= 0.6 is 0 Å². The van der Waals surface area contributed by atoms with Crippen LogP contribution in [0.25, 0.3) is 0 Å². The topological polar surface area (TPSA) is 29.1 Å². The van der Waals surface area contributed by atoms with Gasteiger partial charge in [0.25, 0.3) is 5.91 Å². The molecule has 0 bridgehead atoms. The van der Waals surface area contributed by atoms with Crippen LogP contribution in [0.3, 0.4) is 0 Å². The van der Waals surface area contributed by atoms with E-state index < -0.39 is 12.3 Å². The average Bonchev–Trinajstić information content (AvgIpc) is 2.54. The summed E-state index contributed by atoms with van der Waals surface area (Å²) in [6, 6.07) is 0.0384. The highest BCUT2D eigenvalue weighted by molar-refractivity contribution is 5.79. The fourth-order valence-electron chi connectivity index (χ4n) is 2.42. The number of carbonyl (C=O) groups excluding carboxylic acids is 1. The SMILES string of the molecule is O=C(NC1CC12CCCC2)C(F)F. The van der Waals surface area contributed by atoms with E-state index in [0.29, 0.717) is 0 Å². The third-order valence-corrected chi connectivity index (χ3v) is 3.30. The summed E-state index contributed by atoms with van der Waals surface area (Å²) in [6.45, 7) is 0. The average molecular weight is 189 g/mol. The van der Waals surface area contributed by atoms with Gasteiger partial charge >= 0.3 is 6.43 Å². The molecule has 0 aliphatic heterocycles. The largest absolute Gasteiger partial charge is 0.348 e. The fourth-order valence-corrected chi connectivity index (χ4v) is 2.42. The number of nitrogens with one attached hydrogen (secondary N) is 1. The van der Waals surface area contributed by atoms with Crippen LogP contribution in [-0.4, -0.2) is 18.4 Å². The van der Waals surface area contributed by atoms with Crippen molar-refractivity contribution in [2.75, 3.05) is 0 Å². The quantitative estimate of drug-likeness (QED) is 0.703. The van der Waals surface area contributed by atoms with Crippen molar-refractivity contribution in [3.63, 3.8) is 0 Å². The van der Waals surface area contributed by atoms with Crippen LogP contribution in [0.2, 0.25) is 0 Å². The molecule has 1 N–H and O–H groups in total. The third-order valence-electron chi connectivity index (χ3n) is 3.30. The van der Waals surface area contributed by atoms with Crippen LogP contribution in [0.1, 0.15) is 32.1 Å². The number of halogens is 2. The molecule has 0 radical (unpaired) electrons. The highest BCUT2D eigenvalue weighted by atomic mass is 19.3. The van der Waals surface area contributed by atoms with Gasteiger partial charge in [0.15, 0.2) is 0 Å². The first-order chi connectivity index (χ1) is 6.14. The molecule has 2 rings (SSSR count). The Balaban J connectivity index is 1.83. The van der Waals surface area contributed by atoms with E-state index in [1.807, 2.05) is 0 Å². The van der Waals surface area contributed by atoms with E-state index in [4.69, 9.17) is 0 Å². The molecule has 2 aliphatic carbocycles. The minimum absolute atomic E-state index is 0.0384. The summed E-state index contributed by atoms with van der Waals surface area (Å²) in [5, 5.41) is 2.40. The molecular formula is C9H13F2NO. The van der Waals surface area contributed by atoms with Crippen molar-refractivity contribution in [3.8, 4) is 0 Å². The molecule has 74 valence electrons. The van der Waals surface area contributed by atoms with Crippen molar-refractivity contribution < 1.29 is 13.6 Å². The Kier molecular flexibility index (Phi) is 2.00.